The van der Waals surface area contributed by atoms with E-state index >= 15 is 0 Å². The third-order valence-corrected chi connectivity index (χ3v) is 18.6. The standard InChI is InChI=1S/C10H16O4S.3C2H5.Pb/c1-9(2)7-3-4-10(9,8(11)5-7)6-15(12,13)14;3*1-2;/h7H,3-6H2,1-2H3,(H,12,13,14);3*1H2,2H3;. The van der Waals surface area contributed by atoms with Crippen molar-refractivity contribution in [1.29, 1.82) is 0 Å². The third kappa shape index (κ3) is 4.12. The Hall–Kier alpha value is 0.502. The zero-order chi connectivity index (χ0) is 17.2. The molecule has 0 aromatic heterocycles. The normalized spacial score (nSPS) is 29.6. The summed E-state index contributed by atoms with van der Waals surface area (Å²) in [7, 11) is -4.08. The Morgan fingerprint density at radius 1 is 1.18 bits per heavy atom. The zero-order valence-corrected chi connectivity index (χ0v) is 19.3. The molecule has 1 N–H and O–H groups in total. The van der Waals surface area contributed by atoms with Crippen LogP contribution in [0.25, 0.3) is 0 Å². The molecule has 0 heterocycles. The van der Waals surface area contributed by atoms with E-state index in [1.807, 2.05) is 13.8 Å². The molecule has 2 unspecified atom stereocenters. The van der Waals surface area contributed by atoms with Gasteiger partial charge >= 0.3 is 55.4 Å². The first-order valence-corrected chi connectivity index (χ1v) is 18.2. The number of fused-ring (bicyclic) bond motifs is 2. The van der Waals surface area contributed by atoms with Gasteiger partial charge in [-0.1, -0.05) is 13.8 Å². The second kappa shape index (κ2) is 7.59. The maximum atomic E-state index is 11.9. The summed E-state index contributed by atoms with van der Waals surface area (Å²) < 4.78 is 35.7. The molecule has 2 rings (SSSR count). The van der Waals surface area contributed by atoms with Crippen LogP contribution in [-0.4, -0.2) is 47.2 Å². The molecule has 2 saturated carbocycles. The molecule has 4 nitrogen and oxygen atoms in total. The molecule has 0 aromatic carbocycles. The van der Waals surface area contributed by atoms with Gasteiger partial charge in [-0.3, -0.25) is 9.35 Å². The third-order valence-electron chi connectivity index (χ3n) is 6.07. The topological polar surface area (TPSA) is 71.4 Å². The number of hydrogen-bond donors (Lipinski definition) is 1. The van der Waals surface area contributed by atoms with E-state index in [0.29, 0.717) is 12.8 Å². The molecule has 0 amide bonds. The van der Waals surface area contributed by atoms with Gasteiger partial charge in [-0.05, 0) is 24.2 Å². The molecule has 0 aliphatic heterocycles. The second-order valence-corrected chi connectivity index (χ2v) is 22.7. The van der Waals surface area contributed by atoms with E-state index < -0.39 is 44.0 Å². The molecule has 1 radical (unpaired) electrons. The van der Waals surface area contributed by atoms with Crippen molar-refractivity contribution < 1.29 is 17.8 Å². The van der Waals surface area contributed by atoms with E-state index in [1.54, 1.807) is 11.9 Å². The van der Waals surface area contributed by atoms with Gasteiger partial charge in [-0.2, -0.15) is 8.42 Å². The summed E-state index contributed by atoms with van der Waals surface area (Å²) in [5, 5.41) is 0. The van der Waals surface area contributed by atoms with Gasteiger partial charge in [0.2, 0.25) is 0 Å². The van der Waals surface area contributed by atoms with Crippen LogP contribution in [0.15, 0.2) is 0 Å². The van der Waals surface area contributed by atoms with E-state index in [2.05, 4.69) is 20.8 Å². The van der Waals surface area contributed by atoms with Crippen molar-refractivity contribution in [3.8, 4) is 0 Å². The number of Topliss-reactive ketones (excluding diaryl/α,β-unsaturated/α-hetero) is 1. The minimum atomic E-state index is -4.08. The van der Waals surface area contributed by atoms with Gasteiger partial charge in [0, 0.05) is 6.42 Å². The molecular formula is C16H31O4PbS. The first-order valence-electron chi connectivity index (χ1n) is 8.36. The van der Waals surface area contributed by atoms with E-state index in [0.717, 1.165) is 6.42 Å². The molecule has 0 aromatic rings. The molecule has 0 spiro atoms. The Labute approximate surface area is 144 Å². The Morgan fingerprint density at radius 3 is 1.91 bits per heavy atom. The Morgan fingerprint density at radius 2 is 1.68 bits per heavy atom. The van der Waals surface area contributed by atoms with Crippen LogP contribution in [0, 0.1) is 16.7 Å². The summed E-state index contributed by atoms with van der Waals surface area (Å²) in [5.41, 5.74) is -1.12. The second-order valence-electron chi connectivity index (χ2n) is 7.20. The zero-order valence-electron chi connectivity index (χ0n) is 14.6. The molecule has 2 bridgehead atoms. The maximum absolute atomic E-state index is 11.9. The average molecular weight is 527 g/mol. The molecule has 129 valence electrons. The summed E-state index contributed by atoms with van der Waals surface area (Å²) in [6, 6.07) is 0. The van der Waals surface area contributed by atoms with Crippen LogP contribution >= 0.6 is 0 Å². The van der Waals surface area contributed by atoms with Crippen LogP contribution in [0.5, 0.6) is 0 Å². The van der Waals surface area contributed by atoms with Crippen molar-refractivity contribution in [2.24, 2.45) is 16.7 Å². The summed E-state index contributed by atoms with van der Waals surface area (Å²) in [4.78, 5) is 11.9. The Kier molecular flexibility index (Phi) is 7.09. The summed E-state index contributed by atoms with van der Waals surface area (Å²) in [5.74, 6) is -0.101. The molecule has 2 fully saturated rings. The van der Waals surface area contributed by atoms with Crippen molar-refractivity contribution in [3.05, 3.63) is 0 Å². The molecular weight excluding hydrogens is 495 g/mol. The fraction of sp³-hybridized carbons (Fsp3) is 0.938. The summed E-state index contributed by atoms with van der Waals surface area (Å²) in [6.07, 6.45) is 1.97. The van der Waals surface area contributed by atoms with Gasteiger partial charge in [0.05, 0.1) is 11.2 Å². The fourth-order valence-electron chi connectivity index (χ4n) is 4.17. The van der Waals surface area contributed by atoms with Crippen molar-refractivity contribution >= 4 is 38.6 Å². The van der Waals surface area contributed by atoms with Gasteiger partial charge in [0.25, 0.3) is 10.1 Å². The number of ketones is 1. The first-order chi connectivity index (χ1) is 10.0. The quantitative estimate of drug-likeness (QED) is 0.437. The predicted molar refractivity (Wildman–Crippen MR) is 92.2 cm³/mol. The van der Waals surface area contributed by atoms with Crippen molar-refractivity contribution in [2.45, 2.75) is 65.8 Å². The SMILES string of the molecule is CC1(C)C2CCC1(CS(=O)(=O)O)C(=O)C2.C[CH2][Pb]([CH2]C)[CH2]C. The van der Waals surface area contributed by atoms with Gasteiger partial charge in [-0.25, -0.2) is 0 Å². The van der Waals surface area contributed by atoms with Crippen LogP contribution in [0.1, 0.15) is 53.9 Å². The number of carbonyl (C=O) groups is 1. The first kappa shape index (κ1) is 20.5. The monoisotopic (exact) mass is 527 g/mol. The van der Waals surface area contributed by atoms with E-state index in [9.17, 15) is 13.2 Å². The number of rotatable bonds is 5. The van der Waals surface area contributed by atoms with E-state index in [-0.39, 0.29) is 17.1 Å². The summed E-state index contributed by atoms with van der Waals surface area (Å²) in [6.45, 7) is 11.0. The van der Waals surface area contributed by atoms with E-state index in [4.69, 9.17) is 4.55 Å². The van der Waals surface area contributed by atoms with Crippen molar-refractivity contribution in [1.82, 2.24) is 0 Å². The number of carbonyl (C=O) groups excluding carboxylic acids is 1. The van der Waals surface area contributed by atoms with Crippen LogP contribution in [-0.2, 0) is 14.9 Å². The van der Waals surface area contributed by atoms with Gasteiger partial charge in [0.15, 0.2) is 0 Å². The van der Waals surface area contributed by atoms with E-state index in [1.165, 1.54) is 0 Å². The number of hydrogen-bond acceptors (Lipinski definition) is 3. The van der Waals surface area contributed by atoms with Crippen LogP contribution in [0.3, 0.4) is 0 Å². The fourth-order valence-corrected chi connectivity index (χ4v) is 11.3. The Balaban J connectivity index is 0.000000295. The Bertz CT molecular complexity index is 491. The van der Waals surface area contributed by atoms with Gasteiger partial charge in [0.1, 0.15) is 5.78 Å². The molecule has 0 saturated heterocycles. The van der Waals surface area contributed by atoms with Crippen LogP contribution < -0.4 is 0 Å². The molecule has 2 aliphatic carbocycles. The van der Waals surface area contributed by atoms with Gasteiger partial charge in [-0.15, -0.1) is 0 Å². The molecule has 22 heavy (non-hydrogen) atoms. The molecule has 2 aliphatic rings. The van der Waals surface area contributed by atoms with Crippen LogP contribution in [0.4, 0.5) is 0 Å². The minimum absolute atomic E-state index is 0.0152. The average Bonchev–Trinajstić information content (AvgIpc) is 2.73. The van der Waals surface area contributed by atoms with Crippen molar-refractivity contribution in [2.75, 3.05) is 5.75 Å². The molecule has 6 heteroatoms. The predicted octanol–water partition coefficient (Wildman–Crippen LogP) is 3.81. The van der Waals surface area contributed by atoms with Crippen LogP contribution in [0.2, 0.25) is 11.9 Å². The molecule has 2 atom stereocenters. The van der Waals surface area contributed by atoms with Gasteiger partial charge < -0.3 is 0 Å². The van der Waals surface area contributed by atoms with Crippen molar-refractivity contribution in [3.63, 3.8) is 0 Å². The summed E-state index contributed by atoms with van der Waals surface area (Å²) >= 11 is -0.789.